The highest BCUT2D eigenvalue weighted by molar-refractivity contribution is 7.89. The summed E-state index contributed by atoms with van der Waals surface area (Å²) < 4.78 is 26.3. The average Bonchev–Trinajstić information content (AvgIpc) is 2.75. The maximum atomic E-state index is 11.9. The molecule has 0 bridgehead atoms. The number of aromatic nitrogens is 2. The number of anilines is 1. The lowest BCUT2D eigenvalue weighted by atomic mass is 10.4. The average molecular weight is 275 g/mol. The van der Waals surface area contributed by atoms with Crippen LogP contribution < -0.4 is 10.5 Å². The third kappa shape index (κ3) is 3.97. The van der Waals surface area contributed by atoms with Gasteiger partial charge in [-0.1, -0.05) is 13.8 Å². The summed E-state index contributed by atoms with van der Waals surface area (Å²) in [6.45, 7) is 7.06. The van der Waals surface area contributed by atoms with Crippen molar-refractivity contribution in [1.82, 2.24) is 19.8 Å². The Morgan fingerprint density at radius 2 is 2.17 bits per heavy atom. The Hall–Kier alpha value is -1.12. The highest BCUT2D eigenvalue weighted by Crippen LogP contribution is 2.12. The molecule has 0 aromatic carbocycles. The van der Waals surface area contributed by atoms with Gasteiger partial charge in [0, 0.05) is 13.1 Å². The van der Waals surface area contributed by atoms with Crippen LogP contribution in [0.3, 0.4) is 0 Å². The number of hydrogen-bond donors (Lipinski definition) is 3. The molecule has 0 saturated heterocycles. The molecule has 0 spiro atoms. The molecule has 0 atom stereocenters. The number of nitrogens with one attached hydrogen (secondary N) is 2. The van der Waals surface area contributed by atoms with E-state index in [0.717, 1.165) is 19.5 Å². The molecule has 0 aliphatic heterocycles. The minimum absolute atomic E-state index is 0.000963. The summed E-state index contributed by atoms with van der Waals surface area (Å²) in [4.78, 5) is 2.18. The molecule has 18 heavy (non-hydrogen) atoms. The van der Waals surface area contributed by atoms with Gasteiger partial charge in [0.1, 0.15) is 10.7 Å². The summed E-state index contributed by atoms with van der Waals surface area (Å²) in [5.74, 6) is 0.0587. The van der Waals surface area contributed by atoms with E-state index in [0.29, 0.717) is 13.1 Å². The number of hydrogen-bond acceptors (Lipinski definition) is 5. The fourth-order valence-electron chi connectivity index (χ4n) is 1.66. The van der Waals surface area contributed by atoms with Crippen molar-refractivity contribution in [2.45, 2.75) is 25.2 Å². The van der Waals surface area contributed by atoms with Crippen molar-refractivity contribution >= 4 is 15.8 Å². The number of sulfonamides is 1. The van der Waals surface area contributed by atoms with Gasteiger partial charge in [-0.25, -0.2) is 13.1 Å². The van der Waals surface area contributed by atoms with Crippen LogP contribution in [0, 0.1) is 0 Å². The number of likely N-dealkylation sites (N-methyl/N-ethyl adjacent to an activating group) is 1. The molecule has 0 aliphatic carbocycles. The van der Waals surface area contributed by atoms with E-state index in [2.05, 4.69) is 33.7 Å². The molecular formula is C10H21N5O2S. The lowest BCUT2D eigenvalue weighted by Gasteiger charge is -2.19. The zero-order chi connectivity index (χ0) is 13.6. The third-order valence-corrected chi connectivity index (χ3v) is 4.12. The summed E-state index contributed by atoms with van der Waals surface area (Å²) in [6.07, 6.45) is 2.26. The van der Waals surface area contributed by atoms with E-state index in [1.54, 1.807) is 0 Å². The van der Waals surface area contributed by atoms with E-state index in [9.17, 15) is 8.42 Å². The van der Waals surface area contributed by atoms with Crippen LogP contribution in [0.25, 0.3) is 0 Å². The predicted octanol–water partition coefficient (Wildman–Crippen LogP) is 0.00210. The summed E-state index contributed by atoms with van der Waals surface area (Å²) in [5.41, 5.74) is 5.48. The van der Waals surface area contributed by atoms with E-state index in [-0.39, 0.29) is 10.7 Å². The van der Waals surface area contributed by atoms with Crippen molar-refractivity contribution in [3.8, 4) is 0 Å². The van der Waals surface area contributed by atoms with Gasteiger partial charge in [0.2, 0.25) is 10.0 Å². The number of nitrogens with zero attached hydrogens (tertiary/aromatic N) is 2. The Bertz CT molecular complexity index is 457. The van der Waals surface area contributed by atoms with Gasteiger partial charge in [0.05, 0.1) is 6.20 Å². The number of rotatable bonds is 8. The second-order valence-corrected chi connectivity index (χ2v) is 5.72. The van der Waals surface area contributed by atoms with Crippen molar-refractivity contribution in [2.24, 2.45) is 0 Å². The summed E-state index contributed by atoms with van der Waals surface area (Å²) in [6, 6.07) is 0. The zero-order valence-electron chi connectivity index (χ0n) is 10.8. The van der Waals surface area contributed by atoms with Gasteiger partial charge >= 0.3 is 0 Å². The smallest absolute Gasteiger partial charge is 0.245 e. The van der Waals surface area contributed by atoms with Gasteiger partial charge in [0.25, 0.3) is 0 Å². The molecule has 0 fully saturated rings. The quantitative estimate of drug-likeness (QED) is 0.619. The molecule has 4 N–H and O–H groups in total. The van der Waals surface area contributed by atoms with Gasteiger partial charge in [-0.05, 0) is 19.5 Å². The topological polar surface area (TPSA) is 104 Å². The molecule has 7 nitrogen and oxygen atoms in total. The molecule has 0 aliphatic rings. The van der Waals surface area contributed by atoms with Crippen molar-refractivity contribution < 1.29 is 8.42 Å². The van der Waals surface area contributed by atoms with Crippen LogP contribution in [0.1, 0.15) is 20.3 Å². The van der Waals surface area contributed by atoms with E-state index in [1.165, 1.54) is 6.20 Å². The second-order valence-electron chi connectivity index (χ2n) is 3.98. The number of H-pyrrole nitrogens is 1. The fraction of sp³-hybridized carbons (Fsp3) is 0.700. The van der Waals surface area contributed by atoms with Gasteiger partial charge in [-0.15, -0.1) is 0 Å². The molecule has 1 heterocycles. The first-order valence-corrected chi connectivity index (χ1v) is 7.50. The molecule has 1 aromatic heterocycles. The Morgan fingerprint density at radius 1 is 1.44 bits per heavy atom. The van der Waals surface area contributed by atoms with E-state index < -0.39 is 10.0 Å². The molecule has 8 heteroatoms. The van der Waals surface area contributed by atoms with Crippen LogP contribution >= 0.6 is 0 Å². The van der Waals surface area contributed by atoms with Crippen LogP contribution in [0.4, 0.5) is 5.82 Å². The first-order chi connectivity index (χ1) is 8.51. The Morgan fingerprint density at radius 3 is 2.67 bits per heavy atom. The largest absolute Gasteiger partial charge is 0.383 e. The van der Waals surface area contributed by atoms with Gasteiger partial charge < -0.3 is 10.6 Å². The molecule has 0 saturated carbocycles. The molecule has 1 rings (SSSR count). The van der Waals surface area contributed by atoms with Crippen LogP contribution in [0.15, 0.2) is 11.1 Å². The molecule has 1 aromatic rings. The minimum atomic E-state index is -3.56. The molecule has 0 unspecified atom stereocenters. The standard InChI is InChI=1S/C10H21N5O2S/c1-3-6-15(4-2)7-5-13-18(16,17)9-8-12-14-10(9)11/h8,13H,3-7H2,1-2H3,(H3,11,12,14). The molecule has 0 radical (unpaired) electrons. The Labute approximate surface area is 108 Å². The summed E-state index contributed by atoms with van der Waals surface area (Å²) in [5, 5.41) is 6.00. The van der Waals surface area contributed by atoms with Gasteiger partial charge in [-0.3, -0.25) is 5.10 Å². The normalized spacial score (nSPS) is 12.2. The lowest BCUT2D eigenvalue weighted by Crippen LogP contribution is -2.35. The highest BCUT2D eigenvalue weighted by Gasteiger charge is 2.18. The maximum absolute atomic E-state index is 11.9. The number of aromatic amines is 1. The maximum Gasteiger partial charge on any atom is 0.245 e. The SMILES string of the molecule is CCCN(CC)CCNS(=O)(=O)c1cn[nH]c1N. The molecular weight excluding hydrogens is 254 g/mol. The van der Waals surface area contributed by atoms with E-state index >= 15 is 0 Å². The Kier molecular flexibility index (Phi) is 5.57. The van der Waals surface area contributed by atoms with Crippen molar-refractivity contribution in [1.29, 1.82) is 0 Å². The monoisotopic (exact) mass is 275 g/mol. The zero-order valence-corrected chi connectivity index (χ0v) is 11.6. The summed E-state index contributed by atoms with van der Waals surface area (Å²) in [7, 11) is -3.56. The number of nitrogen functional groups attached to an aromatic ring is 1. The van der Waals surface area contributed by atoms with Crippen LogP contribution in [0.5, 0.6) is 0 Å². The van der Waals surface area contributed by atoms with Crippen LogP contribution in [-0.2, 0) is 10.0 Å². The van der Waals surface area contributed by atoms with E-state index in [1.807, 2.05) is 0 Å². The van der Waals surface area contributed by atoms with Crippen LogP contribution in [0.2, 0.25) is 0 Å². The first-order valence-electron chi connectivity index (χ1n) is 6.02. The van der Waals surface area contributed by atoms with Crippen molar-refractivity contribution in [3.05, 3.63) is 6.20 Å². The third-order valence-electron chi connectivity index (χ3n) is 2.63. The molecule has 104 valence electrons. The number of nitrogens with two attached hydrogens (primary N) is 1. The van der Waals surface area contributed by atoms with Crippen molar-refractivity contribution in [2.75, 3.05) is 31.9 Å². The summed E-state index contributed by atoms with van der Waals surface area (Å²) >= 11 is 0. The van der Waals surface area contributed by atoms with Gasteiger partial charge in [0.15, 0.2) is 0 Å². The second kappa shape index (κ2) is 6.72. The Balaban J connectivity index is 2.51. The predicted molar refractivity (Wildman–Crippen MR) is 70.6 cm³/mol. The fourth-order valence-corrected chi connectivity index (χ4v) is 2.70. The minimum Gasteiger partial charge on any atom is -0.383 e. The van der Waals surface area contributed by atoms with Crippen LogP contribution in [-0.4, -0.2) is 49.7 Å². The van der Waals surface area contributed by atoms with E-state index in [4.69, 9.17) is 5.73 Å². The first kappa shape index (κ1) is 14.9. The lowest BCUT2D eigenvalue weighted by molar-refractivity contribution is 0.293. The highest BCUT2D eigenvalue weighted by atomic mass is 32.2. The molecule has 0 amide bonds. The van der Waals surface area contributed by atoms with Gasteiger partial charge in [-0.2, -0.15) is 5.10 Å². The van der Waals surface area contributed by atoms with Crippen molar-refractivity contribution in [3.63, 3.8) is 0 Å².